The summed E-state index contributed by atoms with van der Waals surface area (Å²) in [6, 6.07) is 4.00. The van der Waals surface area contributed by atoms with Crippen molar-refractivity contribution in [1.29, 1.82) is 0 Å². The average Bonchev–Trinajstić information content (AvgIpc) is 2.87. The Morgan fingerprint density at radius 3 is 2.91 bits per heavy atom. The summed E-state index contributed by atoms with van der Waals surface area (Å²) < 4.78 is 0. The highest BCUT2D eigenvalue weighted by Crippen LogP contribution is 2.35. The maximum absolute atomic E-state index is 5.84. The first-order valence-electron chi connectivity index (χ1n) is 7.12. The Morgan fingerprint density at radius 1 is 1.32 bits per heavy atom. The molecule has 2 aromatic rings. The molecule has 5 nitrogen and oxygen atoms in total. The predicted octanol–water partition coefficient (Wildman–Crippen LogP) is 3.02. The average molecular weight is 333 g/mol. The van der Waals surface area contributed by atoms with Gasteiger partial charge in [0.15, 0.2) is 5.16 Å². The normalized spacial score (nSPS) is 15.0. The molecule has 22 heavy (non-hydrogen) atoms. The van der Waals surface area contributed by atoms with Crippen LogP contribution < -0.4 is 10.6 Å². The molecule has 1 aliphatic heterocycles. The fraction of sp³-hybridized carbons (Fsp3) is 0.400. The molecule has 0 saturated heterocycles. The van der Waals surface area contributed by atoms with E-state index in [2.05, 4.69) is 39.9 Å². The van der Waals surface area contributed by atoms with E-state index in [0.29, 0.717) is 11.0 Å². The van der Waals surface area contributed by atoms with Crippen molar-refractivity contribution in [3.63, 3.8) is 0 Å². The van der Waals surface area contributed by atoms with Gasteiger partial charge in [0.2, 0.25) is 0 Å². The van der Waals surface area contributed by atoms with Crippen LogP contribution in [0.3, 0.4) is 0 Å². The molecule has 0 bridgehead atoms. The van der Waals surface area contributed by atoms with Crippen molar-refractivity contribution in [3.8, 4) is 0 Å². The van der Waals surface area contributed by atoms with Crippen LogP contribution in [0.4, 0.5) is 11.5 Å². The number of hydrogen-bond donors (Lipinski definition) is 1. The van der Waals surface area contributed by atoms with Crippen molar-refractivity contribution >= 4 is 35.0 Å². The Bertz CT molecular complexity index is 692. The van der Waals surface area contributed by atoms with E-state index in [9.17, 15) is 0 Å². The number of aromatic nitrogens is 3. The fourth-order valence-corrected chi connectivity index (χ4v) is 3.83. The van der Waals surface area contributed by atoms with Gasteiger partial charge in [0.25, 0.3) is 0 Å². The molecule has 3 rings (SSSR count). The monoisotopic (exact) mass is 333 g/mol. The first-order chi connectivity index (χ1) is 10.6. The first-order valence-corrected chi connectivity index (χ1v) is 9.22. The Labute approximate surface area is 139 Å². The summed E-state index contributed by atoms with van der Waals surface area (Å²) in [6.07, 6.45) is 5.05. The van der Waals surface area contributed by atoms with Crippen molar-refractivity contribution in [2.75, 3.05) is 30.5 Å². The van der Waals surface area contributed by atoms with Gasteiger partial charge in [0.05, 0.1) is 22.8 Å². The molecule has 0 radical (unpaired) electrons. The Kier molecular flexibility index (Phi) is 4.44. The van der Waals surface area contributed by atoms with Gasteiger partial charge in [-0.2, -0.15) is 0 Å². The zero-order valence-corrected chi connectivity index (χ0v) is 14.5. The minimum atomic E-state index is 0.188. The van der Waals surface area contributed by atoms with Gasteiger partial charge in [-0.3, -0.25) is 4.98 Å². The number of anilines is 2. The summed E-state index contributed by atoms with van der Waals surface area (Å²) in [6.45, 7) is 3.20. The van der Waals surface area contributed by atoms with Gasteiger partial charge in [-0.25, -0.2) is 9.97 Å². The van der Waals surface area contributed by atoms with Crippen LogP contribution in [-0.4, -0.2) is 34.8 Å². The molecule has 3 heterocycles. The molecule has 1 atom stereocenters. The van der Waals surface area contributed by atoms with E-state index >= 15 is 0 Å². The molecule has 0 aromatic carbocycles. The van der Waals surface area contributed by atoms with E-state index in [1.807, 2.05) is 12.5 Å². The number of thioether (sulfide) groups is 2. The van der Waals surface area contributed by atoms with E-state index in [-0.39, 0.29) is 5.25 Å². The number of likely N-dealkylation sites (N-methyl/N-ethyl adjacent to an activating group) is 1. The van der Waals surface area contributed by atoms with Crippen molar-refractivity contribution in [2.24, 2.45) is 0 Å². The van der Waals surface area contributed by atoms with Crippen molar-refractivity contribution in [3.05, 3.63) is 29.6 Å². The maximum atomic E-state index is 5.84. The van der Waals surface area contributed by atoms with Crippen LogP contribution in [0.2, 0.25) is 0 Å². The highest BCUT2D eigenvalue weighted by molar-refractivity contribution is 7.99. The van der Waals surface area contributed by atoms with E-state index < -0.39 is 0 Å². The molecule has 0 fully saturated rings. The lowest BCUT2D eigenvalue weighted by Crippen LogP contribution is -2.12. The number of hydrogen-bond acceptors (Lipinski definition) is 7. The third kappa shape index (κ3) is 3.15. The molecule has 0 amide bonds. The summed E-state index contributed by atoms with van der Waals surface area (Å²) in [4.78, 5) is 15.7. The third-order valence-electron chi connectivity index (χ3n) is 3.72. The lowest BCUT2D eigenvalue weighted by Gasteiger charge is -2.14. The van der Waals surface area contributed by atoms with E-state index in [4.69, 9.17) is 5.73 Å². The van der Waals surface area contributed by atoms with Crippen LogP contribution >= 0.6 is 23.5 Å². The zero-order valence-electron chi connectivity index (χ0n) is 12.9. The largest absolute Gasteiger partial charge is 0.384 e. The Balaban J connectivity index is 1.80. The standard InChI is InChI=1S/C15H19N5S2/c1-9(22-15-18-13(16)7-14(19-15)21-3)11-6-10-4-5-20(2)12(10)8-17-11/h6-9H,4-5H2,1-3H3,(H2,16,18,19). The number of nitrogens with zero attached hydrogens (tertiary/aromatic N) is 4. The second kappa shape index (κ2) is 6.34. The van der Waals surface area contributed by atoms with Crippen molar-refractivity contribution < 1.29 is 0 Å². The van der Waals surface area contributed by atoms with Crippen LogP contribution in [0.1, 0.15) is 23.4 Å². The van der Waals surface area contributed by atoms with Gasteiger partial charge in [-0.05, 0) is 31.2 Å². The molecule has 116 valence electrons. The van der Waals surface area contributed by atoms with Gasteiger partial charge in [0, 0.05) is 19.7 Å². The molecule has 0 spiro atoms. The Hall–Kier alpha value is -1.47. The minimum absolute atomic E-state index is 0.188. The van der Waals surface area contributed by atoms with E-state index in [1.165, 1.54) is 11.3 Å². The second-order valence-electron chi connectivity index (χ2n) is 5.29. The van der Waals surface area contributed by atoms with Gasteiger partial charge < -0.3 is 10.6 Å². The molecular formula is C15H19N5S2. The highest BCUT2D eigenvalue weighted by Gasteiger charge is 2.19. The number of rotatable bonds is 4. The summed E-state index contributed by atoms with van der Waals surface area (Å²) in [7, 11) is 2.11. The molecule has 7 heteroatoms. The summed E-state index contributed by atoms with van der Waals surface area (Å²) in [5, 5.41) is 1.79. The topological polar surface area (TPSA) is 67.9 Å². The predicted molar refractivity (Wildman–Crippen MR) is 93.7 cm³/mol. The van der Waals surface area contributed by atoms with Crippen LogP contribution in [0.25, 0.3) is 0 Å². The molecule has 0 saturated carbocycles. The summed E-state index contributed by atoms with van der Waals surface area (Å²) in [5.41, 5.74) is 9.52. The minimum Gasteiger partial charge on any atom is -0.384 e. The van der Waals surface area contributed by atoms with Crippen LogP contribution in [0, 0.1) is 0 Å². The maximum Gasteiger partial charge on any atom is 0.191 e. The Morgan fingerprint density at radius 2 is 2.14 bits per heavy atom. The second-order valence-corrected chi connectivity index (χ2v) is 7.42. The summed E-state index contributed by atoms with van der Waals surface area (Å²) in [5.74, 6) is 0.512. The number of fused-ring (bicyclic) bond motifs is 1. The number of nitrogens with two attached hydrogens (primary N) is 1. The summed E-state index contributed by atoms with van der Waals surface area (Å²) >= 11 is 3.17. The third-order valence-corrected chi connectivity index (χ3v) is 5.34. The van der Waals surface area contributed by atoms with Gasteiger partial charge in [0.1, 0.15) is 10.8 Å². The van der Waals surface area contributed by atoms with Crippen LogP contribution in [0.5, 0.6) is 0 Å². The first kappa shape index (κ1) is 15.4. The number of pyridine rings is 1. The van der Waals surface area contributed by atoms with E-state index in [1.54, 1.807) is 29.6 Å². The molecule has 2 N–H and O–H groups in total. The van der Waals surface area contributed by atoms with Crippen molar-refractivity contribution in [1.82, 2.24) is 15.0 Å². The SMILES string of the molecule is CSc1cc(N)nc(SC(C)c2cc3c(cn2)N(C)CC3)n1. The van der Waals surface area contributed by atoms with Gasteiger partial charge in [-0.15, -0.1) is 11.8 Å². The van der Waals surface area contributed by atoms with Crippen LogP contribution in [-0.2, 0) is 6.42 Å². The highest BCUT2D eigenvalue weighted by atomic mass is 32.2. The fourth-order valence-electron chi connectivity index (χ4n) is 2.48. The molecule has 1 aliphatic rings. The van der Waals surface area contributed by atoms with Crippen LogP contribution in [0.15, 0.2) is 28.5 Å². The lowest BCUT2D eigenvalue weighted by atomic mass is 10.1. The molecule has 0 aliphatic carbocycles. The lowest BCUT2D eigenvalue weighted by molar-refractivity contribution is 0.887. The molecular weight excluding hydrogens is 314 g/mol. The molecule has 2 aromatic heterocycles. The van der Waals surface area contributed by atoms with Crippen molar-refractivity contribution in [2.45, 2.75) is 28.8 Å². The smallest absolute Gasteiger partial charge is 0.191 e. The van der Waals surface area contributed by atoms with Gasteiger partial charge in [-0.1, -0.05) is 11.8 Å². The quantitative estimate of drug-likeness (QED) is 0.524. The van der Waals surface area contributed by atoms with Gasteiger partial charge >= 0.3 is 0 Å². The zero-order chi connectivity index (χ0) is 15.7. The van der Waals surface area contributed by atoms with E-state index in [0.717, 1.165) is 23.7 Å². The molecule has 1 unspecified atom stereocenters. The number of nitrogen functional groups attached to an aromatic ring is 1.